The Morgan fingerprint density at radius 2 is 2.07 bits per heavy atom. The molecule has 1 heterocycles. The van der Waals surface area contributed by atoms with E-state index in [1.54, 1.807) is 0 Å². The molecule has 164 valence electrons. The van der Waals surface area contributed by atoms with Crippen LogP contribution in [0.3, 0.4) is 0 Å². The molecule has 0 aromatic carbocycles. The zero-order valence-corrected chi connectivity index (χ0v) is 18.4. The Hall–Kier alpha value is -1.36. The number of hydrogen-bond acceptors (Lipinski definition) is 5. The van der Waals surface area contributed by atoms with Gasteiger partial charge in [-0.05, 0) is 56.3 Å². The molecule has 2 aliphatic carbocycles. The molecule has 29 heavy (non-hydrogen) atoms. The van der Waals surface area contributed by atoms with Crippen molar-refractivity contribution < 1.29 is 24.2 Å². The summed E-state index contributed by atoms with van der Waals surface area (Å²) in [7, 11) is 0. The highest BCUT2D eigenvalue weighted by molar-refractivity contribution is 5.72. The lowest BCUT2D eigenvalue weighted by Crippen LogP contribution is -2.43. The van der Waals surface area contributed by atoms with Gasteiger partial charge in [0.1, 0.15) is 12.2 Å². The number of hydrogen-bond donors (Lipinski definition) is 1. The molecule has 2 fully saturated rings. The summed E-state index contributed by atoms with van der Waals surface area (Å²) in [5.41, 5.74) is 1.45. The molecule has 1 aliphatic heterocycles. The molecule has 1 saturated heterocycles. The zero-order valence-electron chi connectivity index (χ0n) is 18.4. The third-order valence-corrected chi connectivity index (χ3v) is 7.35. The second-order valence-electron chi connectivity index (χ2n) is 9.73. The zero-order chi connectivity index (χ0) is 21.1. The Morgan fingerprint density at radius 1 is 1.31 bits per heavy atom. The minimum absolute atomic E-state index is 0.0567. The summed E-state index contributed by atoms with van der Waals surface area (Å²) in [6.45, 7) is 8.47. The number of cyclic esters (lactones) is 1. The van der Waals surface area contributed by atoms with Crippen molar-refractivity contribution in [3.05, 3.63) is 11.6 Å². The standard InChI is InChI=1S/C24H38O5/c1-5-15(3)24(27)29-21-11-14(2)10-17-7-6-16(4)20(23(17)21)9-8-19-12-18(25)13-22(26)28-19/h10,14-16,18-21,23,25H,5-9,11-13H2,1-4H3/t14-,15-,16-,18+,19+,20-,21-,23?/m0/s1. The van der Waals surface area contributed by atoms with E-state index in [1.807, 2.05) is 13.8 Å². The number of carbonyl (C=O) groups excluding carboxylic acids is 2. The van der Waals surface area contributed by atoms with Crippen molar-refractivity contribution in [3.8, 4) is 0 Å². The second kappa shape index (κ2) is 9.63. The minimum atomic E-state index is -0.583. The first-order chi connectivity index (χ1) is 13.8. The lowest BCUT2D eigenvalue weighted by molar-refractivity contribution is -0.162. The van der Waals surface area contributed by atoms with Gasteiger partial charge in [-0.1, -0.05) is 39.3 Å². The third kappa shape index (κ3) is 5.42. The van der Waals surface area contributed by atoms with E-state index in [2.05, 4.69) is 19.9 Å². The van der Waals surface area contributed by atoms with Crippen LogP contribution in [0.15, 0.2) is 11.6 Å². The Balaban J connectivity index is 1.72. The van der Waals surface area contributed by atoms with Crippen LogP contribution in [-0.4, -0.2) is 35.4 Å². The molecule has 0 aromatic heterocycles. The summed E-state index contributed by atoms with van der Waals surface area (Å²) in [6, 6.07) is 0. The number of carbonyl (C=O) groups is 2. The highest BCUT2D eigenvalue weighted by atomic mass is 16.5. The summed E-state index contributed by atoms with van der Waals surface area (Å²) < 4.78 is 11.6. The summed E-state index contributed by atoms with van der Waals surface area (Å²) in [4.78, 5) is 24.2. The maximum atomic E-state index is 12.6. The molecule has 0 radical (unpaired) electrons. The fourth-order valence-corrected chi connectivity index (χ4v) is 5.49. The lowest BCUT2D eigenvalue weighted by atomic mass is 9.62. The quantitative estimate of drug-likeness (QED) is 0.522. The molecule has 8 atom stereocenters. The van der Waals surface area contributed by atoms with Gasteiger partial charge in [0.05, 0.1) is 18.4 Å². The molecule has 0 spiro atoms. The van der Waals surface area contributed by atoms with E-state index in [1.165, 1.54) is 5.57 Å². The van der Waals surface area contributed by atoms with E-state index in [4.69, 9.17) is 9.47 Å². The van der Waals surface area contributed by atoms with Crippen LogP contribution < -0.4 is 0 Å². The number of aliphatic hydroxyl groups is 1. The highest BCUT2D eigenvalue weighted by Gasteiger charge is 2.43. The smallest absolute Gasteiger partial charge is 0.308 e. The molecule has 3 aliphatic rings. The van der Waals surface area contributed by atoms with Crippen molar-refractivity contribution in [2.24, 2.45) is 29.6 Å². The molecular weight excluding hydrogens is 368 g/mol. The maximum absolute atomic E-state index is 12.6. The number of aliphatic hydroxyl groups excluding tert-OH is 1. The first-order valence-corrected chi connectivity index (χ1v) is 11.6. The van der Waals surface area contributed by atoms with Gasteiger partial charge >= 0.3 is 11.9 Å². The van der Waals surface area contributed by atoms with Crippen molar-refractivity contribution in [1.82, 2.24) is 0 Å². The molecule has 5 nitrogen and oxygen atoms in total. The van der Waals surface area contributed by atoms with Crippen molar-refractivity contribution in [1.29, 1.82) is 0 Å². The predicted molar refractivity (Wildman–Crippen MR) is 111 cm³/mol. The number of fused-ring (bicyclic) bond motifs is 1. The summed E-state index contributed by atoms with van der Waals surface area (Å²) in [5, 5.41) is 9.90. The monoisotopic (exact) mass is 406 g/mol. The Morgan fingerprint density at radius 3 is 2.76 bits per heavy atom. The van der Waals surface area contributed by atoms with Gasteiger partial charge in [0.25, 0.3) is 0 Å². The van der Waals surface area contributed by atoms with Crippen LogP contribution in [0.4, 0.5) is 0 Å². The normalized spacial score (nSPS) is 38.4. The van der Waals surface area contributed by atoms with Crippen LogP contribution >= 0.6 is 0 Å². The number of allylic oxidation sites excluding steroid dienone is 1. The van der Waals surface area contributed by atoms with Gasteiger partial charge in [0.2, 0.25) is 0 Å². The first kappa shape index (κ1) is 22.3. The molecule has 1 unspecified atom stereocenters. The summed E-state index contributed by atoms with van der Waals surface area (Å²) in [5.74, 6) is 1.22. The minimum Gasteiger partial charge on any atom is -0.462 e. The van der Waals surface area contributed by atoms with E-state index in [9.17, 15) is 14.7 Å². The average Bonchev–Trinajstić information content (AvgIpc) is 2.65. The number of ether oxygens (including phenoxy) is 2. The van der Waals surface area contributed by atoms with Gasteiger partial charge in [-0.25, -0.2) is 0 Å². The largest absolute Gasteiger partial charge is 0.462 e. The molecule has 1 N–H and O–H groups in total. The SMILES string of the molecule is CC[C@H](C)C(=O)O[C@H]1C[C@@H](C)C=C2CC[C@H](C)[C@H](CC[C@@H]3C[C@@H](O)CC(=O)O3)C21. The Bertz CT molecular complexity index is 627. The van der Waals surface area contributed by atoms with E-state index < -0.39 is 6.10 Å². The van der Waals surface area contributed by atoms with Gasteiger partial charge in [-0.15, -0.1) is 0 Å². The average molecular weight is 407 g/mol. The first-order valence-electron chi connectivity index (χ1n) is 11.6. The fraction of sp³-hybridized carbons (Fsp3) is 0.833. The van der Waals surface area contributed by atoms with Crippen molar-refractivity contribution in [2.45, 2.75) is 97.4 Å². The van der Waals surface area contributed by atoms with E-state index >= 15 is 0 Å². The number of esters is 2. The fourth-order valence-electron chi connectivity index (χ4n) is 5.49. The van der Waals surface area contributed by atoms with Crippen LogP contribution in [0.5, 0.6) is 0 Å². The van der Waals surface area contributed by atoms with Crippen molar-refractivity contribution in [3.63, 3.8) is 0 Å². The maximum Gasteiger partial charge on any atom is 0.308 e. The number of rotatable bonds is 6. The molecule has 0 bridgehead atoms. The van der Waals surface area contributed by atoms with Crippen LogP contribution in [0.1, 0.15) is 79.1 Å². The van der Waals surface area contributed by atoms with E-state index in [0.29, 0.717) is 24.2 Å². The van der Waals surface area contributed by atoms with Crippen LogP contribution in [-0.2, 0) is 19.1 Å². The lowest BCUT2D eigenvalue weighted by Gasteiger charge is -2.46. The van der Waals surface area contributed by atoms with Gasteiger partial charge in [-0.3, -0.25) is 9.59 Å². The van der Waals surface area contributed by atoms with Crippen LogP contribution in [0, 0.1) is 29.6 Å². The van der Waals surface area contributed by atoms with Gasteiger partial charge in [0.15, 0.2) is 0 Å². The van der Waals surface area contributed by atoms with Gasteiger partial charge in [-0.2, -0.15) is 0 Å². The Labute approximate surface area is 175 Å². The second-order valence-corrected chi connectivity index (χ2v) is 9.73. The summed E-state index contributed by atoms with van der Waals surface area (Å²) in [6.07, 6.45) is 7.82. The Kier molecular flexibility index (Phi) is 7.42. The molecule has 0 aromatic rings. The van der Waals surface area contributed by atoms with Crippen molar-refractivity contribution in [2.75, 3.05) is 0 Å². The molecule has 1 saturated carbocycles. The van der Waals surface area contributed by atoms with Crippen molar-refractivity contribution >= 4 is 11.9 Å². The van der Waals surface area contributed by atoms with Crippen LogP contribution in [0.25, 0.3) is 0 Å². The van der Waals surface area contributed by atoms with E-state index in [0.717, 1.165) is 38.5 Å². The predicted octanol–water partition coefficient (Wildman–Crippen LogP) is 4.42. The summed E-state index contributed by atoms with van der Waals surface area (Å²) >= 11 is 0. The van der Waals surface area contributed by atoms with Crippen LogP contribution in [0.2, 0.25) is 0 Å². The molecular formula is C24H38O5. The molecule has 5 heteroatoms. The molecule has 3 rings (SSSR count). The highest BCUT2D eigenvalue weighted by Crippen LogP contribution is 2.48. The topological polar surface area (TPSA) is 72.8 Å². The van der Waals surface area contributed by atoms with Gasteiger partial charge < -0.3 is 14.6 Å². The van der Waals surface area contributed by atoms with E-state index in [-0.39, 0.29) is 42.4 Å². The third-order valence-electron chi connectivity index (χ3n) is 7.35. The molecule has 0 amide bonds. The van der Waals surface area contributed by atoms with Gasteiger partial charge in [0, 0.05) is 12.3 Å².